The molecule has 6 rings (SSSR count). The van der Waals surface area contributed by atoms with Gasteiger partial charge < -0.3 is 18.9 Å². The molecule has 236 valence electrons. The van der Waals surface area contributed by atoms with Crippen molar-refractivity contribution in [2.75, 3.05) is 0 Å². The minimum atomic E-state index is -0.513. The summed E-state index contributed by atoms with van der Waals surface area (Å²) in [4.78, 5) is 57.0. The molecule has 10 nitrogen and oxygen atoms in total. The van der Waals surface area contributed by atoms with Crippen molar-refractivity contribution in [1.82, 2.24) is 9.97 Å². The van der Waals surface area contributed by atoms with Gasteiger partial charge in [-0.25, -0.2) is 9.59 Å². The molecule has 0 saturated heterocycles. The Labute approximate surface area is 258 Å². The highest BCUT2D eigenvalue weighted by Crippen LogP contribution is 2.55. The summed E-state index contributed by atoms with van der Waals surface area (Å²) in [5.74, 6) is -1.26. The molecule has 10 heteroatoms. The summed E-state index contributed by atoms with van der Waals surface area (Å²) >= 11 is 0. The zero-order valence-corrected chi connectivity index (χ0v) is 26.9. The van der Waals surface area contributed by atoms with Gasteiger partial charge in [0.05, 0.1) is 57.6 Å². The van der Waals surface area contributed by atoms with Gasteiger partial charge in [-0.05, 0) is 105 Å². The molecule has 0 aromatic carbocycles. The second-order valence-electron chi connectivity index (χ2n) is 14.3. The molecular weight excluding hydrogens is 564 g/mol. The normalized spacial score (nSPS) is 22.0. The van der Waals surface area contributed by atoms with Crippen LogP contribution in [-0.4, -0.2) is 57.3 Å². The van der Waals surface area contributed by atoms with E-state index in [-0.39, 0.29) is 59.8 Å². The van der Waals surface area contributed by atoms with Crippen LogP contribution in [-0.2, 0) is 52.2 Å². The molecule has 2 fully saturated rings. The summed E-state index contributed by atoms with van der Waals surface area (Å²) in [6.45, 7) is 14.8. The Hall–Kier alpha value is -3.82. The van der Waals surface area contributed by atoms with Crippen LogP contribution in [0.25, 0.3) is 0 Å². The number of hydrogen-bond acceptors (Lipinski definition) is 10. The smallest absolute Gasteiger partial charge is 0.340 e. The van der Waals surface area contributed by atoms with Crippen molar-refractivity contribution in [1.29, 1.82) is 0 Å². The van der Waals surface area contributed by atoms with E-state index in [1.807, 2.05) is 55.4 Å². The molecule has 2 saturated carbocycles. The zero-order chi connectivity index (χ0) is 32.2. The van der Waals surface area contributed by atoms with Crippen molar-refractivity contribution in [2.24, 2.45) is 0 Å². The van der Waals surface area contributed by atoms with Gasteiger partial charge in [0.2, 0.25) is 0 Å². The lowest BCUT2D eigenvalue weighted by Gasteiger charge is -2.30. The minimum absolute atomic E-state index is 0.115. The molecule has 0 radical (unpaired) electrons. The molecule has 2 atom stereocenters. The Kier molecular flexibility index (Phi) is 7.87. The average molecular weight is 607 g/mol. The van der Waals surface area contributed by atoms with Crippen molar-refractivity contribution >= 4 is 23.9 Å². The summed E-state index contributed by atoms with van der Waals surface area (Å²) < 4.78 is 21.5. The van der Waals surface area contributed by atoms with E-state index in [1.54, 1.807) is 24.3 Å². The molecule has 0 bridgehead atoms. The maximum Gasteiger partial charge on any atom is 0.340 e. The number of fused-ring (bicyclic) bond motifs is 4. The van der Waals surface area contributed by atoms with Crippen LogP contribution in [0.5, 0.6) is 0 Å². The summed E-state index contributed by atoms with van der Waals surface area (Å²) in [7, 11) is 0. The Bertz CT molecular complexity index is 1390. The maximum absolute atomic E-state index is 12.0. The largest absolute Gasteiger partial charge is 0.460 e. The lowest BCUT2D eigenvalue weighted by Crippen LogP contribution is -2.37. The first-order valence-electron chi connectivity index (χ1n) is 15.3. The molecular formula is C34H42N2O8. The van der Waals surface area contributed by atoms with Crippen molar-refractivity contribution in [3.8, 4) is 0 Å². The van der Waals surface area contributed by atoms with Crippen LogP contribution in [0, 0.1) is 0 Å². The fourth-order valence-corrected chi connectivity index (χ4v) is 5.95. The highest BCUT2D eigenvalue weighted by atomic mass is 16.6. The van der Waals surface area contributed by atoms with Crippen molar-refractivity contribution < 1.29 is 38.1 Å². The Morgan fingerprint density at radius 3 is 1.34 bits per heavy atom. The number of pyridine rings is 2. The van der Waals surface area contributed by atoms with Gasteiger partial charge in [-0.1, -0.05) is 0 Å². The highest BCUT2D eigenvalue weighted by Gasteiger charge is 2.57. The molecule has 2 aromatic heterocycles. The second kappa shape index (κ2) is 11.0. The predicted octanol–water partition coefficient (Wildman–Crippen LogP) is 5.11. The molecule has 4 aliphatic rings. The molecule has 0 N–H and O–H groups in total. The fraction of sp³-hybridized carbons (Fsp3) is 0.588. The number of aromatic nitrogens is 2. The van der Waals surface area contributed by atoms with E-state index in [0.717, 1.165) is 37.1 Å². The fourth-order valence-electron chi connectivity index (χ4n) is 5.95. The number of carbonyl (C=O) groups is 4. The van der Waals surface area contributed by atoms with Crippen LogP contribution in [0.1, 0.15) is 125 Å². The first-order valence-corrected chi connectivity index (χ1v) is 15.3. The topological polar surface area (TPSA) is 131 Å². The average Bonchev–Trinajstić information content (AvgIpc) is 3.80. The Morgan fingerprint density at radius 2 is 1.05 bits per heavy atom. The first-order chi connectivity index (χ1) is 20.4. The van der Waals surface area contributed by atoms with Gasteiger partial charge in [-0.3, -0.25) is 19.6 Å². The third kappa shape index (κ3) is 6.49. The van der Waals surface area contributed by atoms with E-state index >= 15 is 0 Å². The lowest BCUT2D eigenvalue weighted by atomic mass is 9.89. The van der Waals surface area contributed by atoms with Crippen LogP contribution in [0.3, 0.4) is 0 Å². The van der Waals surface area contributed by atoms with Gasteiger partial charge in [-0.2, -0.15) is 0 Å². The van der Waals surface area contributed by atoms with E-state index in [0.29, 0.717) is 22.5 Å². The monoisotopic (exact) mass is 606 g/mol. The summed E-state index contributed by atoms with van der Waals surface area (Å²) in [6, 6.07) is 6.85. The minimum Gasteiger partial charge on any atom is -0.460 e. The third-order valence-electron chi connectivity index (χ3n) is 8.48. The standard InChI is InChI=1S/2C17H21NO4/c2*1-10-17(7-8-17)14-12(15(20)21-10)6-5-11(18-14)9-13(19)22-16(2,3)4/h2*5-6,10H,7-9H2,1-4H3/t2*10-/m10/s1. The molecule has 44 heavy (non-hydrogen) atoms. The molecule has 2 spiro atoms. The van der Waals surface area contributed by atoms with E-state index in [2.05, 4.69) is 9.97 Å². The lowest BCUT2D eigenvalue weighted by molar-refractivity contribution is -0.155. The van der Waals surface area contributed by atoms with Gasteiger partial charge in [0.15, 0.2) is 0 Å². The van der Waals surface area contributed by atoms with Crippen LogP contribution in [0.4, 0.5) is 0 Å². The van der Waals surface area contributed by atoms with Crippen molar-refractivity contribution in [2.45, 2.75) is 128 Å². The van der Waals surface area contributed by atoms with Gasteiger partial charge >= 0.3 is 23.9 Å². The number of nitrogens with zero attached hydrogens (tertiary/aromatic N) is 2. The zero-order valence-electron chi connectivity index (χ0n) is 26.9. The SMILES string of the molecule is C[C@@H]1OC(=O)c2ccc(CC(=O)OC(C)(C)C)nc2C12CC2.C[C@H]1OC(=O)c2ccc(CC(=O)OC(C)(C)C)nc2C12CC2. The number of ether oxygens (including phenoxy) is 4. The second-order valence-corrected chi connectivity index (χ2v) is 14.3. The number of cyclic esters (lactones) is 2. The number of esters is 4. The van der Waals surface area contributed by atoms with Gasteiger partial charge in [0.25, 0.3) is 0 Å². The third-order valence-corrected chi connectivity index (χ3v) is 8.48. The maximum atomic E-state index is 12.0. The number of carbonyl (C=O) groups excluding carboxylic acids is 4. The molecule has 4 heterocycles. The molecule has 0 unspecified atom stereocenters. The first kappa shape index (κ1) is 31.6. The quantitative estimate of drug-likeness (QED) is 0.342. The van der Waals surface area contributed by atoms with E-state index in [1.165, 1.54) is 0 Å². The van der Waals surface area contributed by atoms with E-state index in [9.17, 15) is 19.2 Å². The van der Waals surface area contributed by atoms with Gasteiger partial charge in [-0.15, -0.1) is 0 Å². The number of rotatable bonds is 4. The Morgan fingerprint density at radius 1 is 0.705 bits per heavy atom. The molecule has 0 amide bonds. The molecule has 2 aliphatic heterocycles. The predicted molar refractivity (Wildman–Crippen MR) is 159 cm³/mol. The van der Waals surface area contributed by atoms with E-state index < -0.39 is 11.2 Å². The van der Waals surface area contributed by atoms with Gasteiger partial charge in [0, 0.05) is 0 Å². The van der Waals surface area contributed by atoms with E-state index in [4.69, 9.17) is 18.9 Å². The Balaban J connectivity index is 0.000000175. The van der Waals surface area contributed by atoms with Crippen LogP contribution in [0.15, 0.2) is 24.3 Å². The summed E-state index contributed by atoms with van der Waals surface area (Å²) in [5.41, 5.74) is 2.60. The van der Waals surface area contributed by atoms with Crippen LogP contribution >= 0.6 is 0 Å². The molecule has 2 aromatic rings. The number of hydrogen-bond donors (Lipinski definition) is 0. The highest BCUT2D eigenvalue weighted by molar-refractivity contribution is 5.93. The van der Waals surface area contributed by atoms with Crippen LogP contribution < -0.4 is 0 Å². The summed E-state index contributed by atoms with van der Waals surface area (Å²) in [5, 5.41) is 0. The van der Waals surface area contributed by atoms with Crippen molar-refractivity contribution in [3.05, 3.63) is 58.2 Å². The van der Waals surface area contributed by atoms with Gasteiger partial charge in [0.1, 0.15) is 23.4 Å². The summed E-state index contributed by atoms with van der Waals surface area (Å²) in [6.07, 6.45) is 3.80. The molecule has 2 aliphatic carbocycles. The van der Waals surface area contributed by atoms with Crippen LogP contribution in [0.2, 0.25) is 0 Å². The van der Waals surface area contributed by atoms with Crippen molar-refractivity contribution in [3.63, 3.8) is 0 Å².